The highest BCUT2D eigenvalue weighted by atomic mass is 16.5. The lowest BCUT2D eigenvalue weighted by molar-refractivity contribution is -0.112. The zero-order valence-corrected chi connectivity index (χ0v) is 12.3. The van der Waals surface area contributed by atoms with Crippen LogP contribution in [0.2, 0.25) is 0 Å². The van der Waals surface area contributed by atoms with Crippen LogP contribution in [0.4, 0.5) is 0 Å². The number of hydrogen-bond acceptors (Lipinski definition) is 4. The molecule has 0 saturated carbocycles. The fraction of sp³-hybridized carbons (Fsp3) is 0.625. The highest BCUT2D eigenvalue weighted by Gasteiger charge is 2.38. The van der Waals surface area contributed by atoms with E-state index < -0.39 is 0 Å². The molecule has 1 amide bonds. The third-order valence-electron chi connectivity index (χ3n) is 4.60. The molecular weight excluding hydrogens is 266 g/mol. The van der Waals surface area contributed by atoms with E-state index in [1.165, 1.54) is 0 Å². The maximum Gasteiger partial charge on any atom is 0.251 e. The van der Waals surface area contributed by atoms with Crippen LogP contribution in [0.15, 0.2) is 24.5 Å². The molecule has 2 aliphatic rings. The smallest absolute Gasteiger partial charge is 0.251 e. The van der Waals surface area contributed by atoms with Gasteiger partial charge in [0.15, 0.2) is 0 Å². The monoisotopic (exact) mass is 289 g/mol. The van der Waals surface area contributed by atoms with Gasteiger partial charge in [-0.25, -0.2) is 0 Å². The van der Waals surface area contributed by atoms with Crippen molar-refractivity contribution >= 4 is 5.91 Å². The first-order chi connectivity index (χ1) is 10.3. The third kappa shape index (κ3) is 3.60. The largest absolute Gasteiger partial charge is 0.375 e. The Labute approximate surface area is 125 Å². The van der Waals surface area contributed by atoms with E-state index in [0.29, 0.717) is 11.5 Å². The van der Waals surface area contributed by atoms with E-state index in [2.05, 4.69) is 15.6 Å². The lowest BCUT2D eigenvalue weighted by Crippen LogP contribution is -2.49. The van der Waals surface area contributed by atoms with Crippen molar-refractivity contribution in [2.75, 3.05) is 26.2 Å². The van der Waals surface area contributed by atoms with Crippen molar-refractivity contribution in [1.29, 1.82) is 0 Å². The SMILES string of the molecule is O=C(NCC1CCOC2(CCNCC2)C1)c1ccncc1. The summed E-state index contributed by atoms with van der Waals surface area (Å²) in [5.74, 6) is 0.505. The first-order valence-corrected chi connectivity index (χ1v) is 7.80. The summed E-state index contributed by atoms with van der Waals surface area (Å²) >= 11 is 0. The number of nitrogens with zero attached hydrogens (tertiary/aromatic N) is 1. The summed E-state index contributed by atoms with van der Waals surface area (Å²) < 4.78 is 6.07. The minimum atomic E-state index is -0.0109. The molecule has 3 rings (SSSR count). The molecule has 1 spiro atoms. The van der Waals surface area contributed by atoms with E-state index in [0.717, 1.165) is 51.9 Å². The number of pyridine rings is 1. The molecule has 2 N–H and O–H groups in total. The van der Waals surface area contributed by atoms with Gasteiger partial charge in [0.1, 0.15) is 0 Å². The Balaban J connectivity index is 1.52. The highest BCUT2D eigenvalue weighted by molar-refractivity contribution is 5.93. The van der Waals surface area contributed by atoms with Crippen molar-refractivity contribution in [2.45, 2.75) is 31.3 Å². The Morgan fingerprint density at radius 2 is 2.14 bits per heavy atom. The number of piperidine rings is 1. The van der Waals surface area contributed by atoms with Crippen LogP contribution in [0.3, 0.4) is 0 Å². The van der Waals surface area contributed by atoms with Gasteiger partial charge in [-0.3, -0.25) is 9.78 Å². The Morgan fingerprint density at radius 1 is 1.38 bits per heavy atom. The molecule has 0 radical (unpaired) electrons. The van der Waals surface area contributed by atoms with Crippen LogP contribution in [0, 0.1) is 5.92 Å². The Kier molecular flexibility index (Phi) is 4.51. The third-order valence-corrected chi connectivity index (χ3v) is 4.60. The quantitative estimate of drug-likeness (QED) is 0.882. The fourth-order valence-electron chi connectivity index (χ4n) is 3.38. The predicted molar refractivity (Wildman–Crippen MR) is 80.1 cm³/mol. The van der Waals surface area contributed by atoms with Crippen molar-refractivity contribution in [2.24, 2.45) is 5.92 Å². The second-order valence-corrected chi connectivity index (χ2v) is 6.09. The normalized spacial score (nSPS) is 24.7. The standard InChI is InChI=1S/C16H23N3O2/c20-15(14-1-6-17-7-2-14)19-12-13-3-10-21-16(11-13)4-8-18-9-5-16/h1-2,6-7,13,18H,3-5,8-12H2,(H,19,20). The van der Waals surface area contributed by atoms with Crippen LogP contribution in [0.1, 0.15) is 36.0 Å². The van der Waals surface area contributed by atoms with Gasteiger partial charge in [-0.05, 0) is 56.8 Å². The van der Waals surface area contributed by atoms with E-state index in [-0.39, 0.29) is 11.5 Å². The lowest BCUT2D eigenvalue weighted by atomic mass is 9.80. The summed E-state index contributed by atoms with van der Waals surface area (Å²) in [6.45, 7) is 3.63. The van der Waals surface area contributed by atoms with E-state index in [1.807, 2.05) is 0 Å². The van der Waals surface area contributed by atoms with Crippen LogP contribution < -0.4 is 10.6 Å². The van der Waals surface area contributed by atoms with Crippen molar-refractivity contribution in [3.05, 3.63) is 30.1 Å². The lowest BCUT2D eigenvalue weighted by Gasteiger charge is -2.43. The van der Waals surface area contributed by atoms with Crippen LogP contribution in [0.5, 0.6) is 0 Å². The molecule has 0 aliphatic carbocycles. The number of carbonyl (C=O) groups is 1. The van der Waals surface area contributed by atoms with Crippen molar-refractivity contribution < 1.29 is 9.53 Å². The summed E-state index contributed by atoms with van der Waals surface area (Å²) in [5, 5.41) is 6.44. The van der Waals surface area contributed by atoms with Crippen molar-refractivity contribution in [3.63, 3.8) is 0 Å². The van der Waals surface area contributed by atoms with Crippen molar-refractivity contribution in [3.8, 4) is 0 Å². The van der Waals surface area contributed by atoms with E-state index in [1.54, 1.807) is 24.5 Å². The molecule has 5 heteroatoms. The zero-order chi connectivity index (χ0) is 14.5. The van der Waals surface area contributed by atoms with Gasteiger partial charge in [0.2, 0.25) is 0 Å². The molecule has 2 saturated heterocycles. The van der Waals surface area contributed by atoms with Crippen LogP contribution in [-0.4, -0.2) is 42.7 Å². The predicted octanol–water partition coefficient (Wildman–Crippen LogP) is 1.36. The number of ether oxygens (including phenoxy) is 1. The van der Waals surface area contributed by atoms with Crippen molar-refractivity contribution in [1.82, 2.24) is 15.6 Å². The molecule has 1 atom stereocenters. The average Bonchev–Trinajstić information content (AvgIpc) is 2.54. The molecule has 2 aliphatic heterocycles. The van der Waals surface area contributed by atoms with E-state index >= 15 is 0 Å². The van der Waals surface area contributed by atoms with Gasteiger partial charge in [-0.15, -0.1) is 0 Å². The van der Waals surface area contributed by atoms with Crippen LogP contribution >= 0.6 is 0 Å². The van der Waals surface area contributed by atoms with Gasteiger partial charge in [0.05, 0.1) is 5.60 Å². The minimum Gasteiger partial charge on any atom is -0.375 e. The molecule has 1 unspecified atom stereocenters. The summed E-state index contributed by atoms with van der Waals surface area (Å²) in [6, 6.07) is 3.49. The van der Waals surface area contributed by atoms with Gasteiger partial charge >= 0.3 is 0 Å². The van der Waals surface area contributed by atoms with Gasteiger partial charge in [-0.2, -0.15) is 0 Å². The molecule has 0 aromatic carbocycles. The zero-order valence-electron chi connectivity index (χ0n) is 12.3. The number of aromatic nitrogens is 1. The number of nitrogens with one attached hydrogen (secondary N) is 2. The maximum atomic E-state index is 12.1. The number of rotatable bonds is 3. The summed E-state index contributed by atoms with van der Waals surface area (Å²) in [7, 11) is 0. The molecule has 3 heterocycles. The first kappa shape index (κ1) is 14.5. The summed E-state index contributed by atoms with van der Waals surface area (Å²) in [6.07, 6.45) is 7.56. The van der Waals surface area contributed by atoms with Crippen LogP contribution in [0.25, 0.3) is 0 Å². The summed E-state index contributed by atoms with van der Waals surface area (Å²) in [5.41, 5.74) is 0.726. The molecule has 0 bridgehead atoms. The molecular formula is C16H23N3O2. The Bertz CT molecular complexity index is 466. The second-order valence-electron chi connectivity index (χ2n) is 6.09. The van der Waals surface area contributed by atoms with E-state index in [9.17, 15) is 4.79 Å². The average molecular weight is 289 g/mol. The Morgan fingerprint density at radius 3 is 2.90 bits per heavy atom. The first-order valence-electron chi connectivity index (χ1n) is 7.80. The molecule has 5 nitrogen and oxygen atoms in total. The Hall–Kier alpha value is -1.46. The fourth-order valence-corrected chi connectivity index (χ4v) is 3.38. The second kappa shape index (κ2) is 6.54. The molecule has 1 aromatic heterocycles. The minimum absolute atomic E-state index is 0.0109. The van der Waals surface area contributed by atoms with Gasteiger partial charge < -0.3 is 15.4 Å². The highest BCUT2D eigenvalue weighted by Crippen LogP contribution is 2.35. The molecule has 2 fully saturated rings. The molecule has 114 valence electrons. The summed E-state index contributed by atoms with van der Waals surface area (Å²) in [4.78, 5) is 16.0. The van der Waals surface area contributed by atoms with Gasteiger partial charge in [-0.1, -0.05) is 0 Å². The van der Waals surface area contributed by atoms with Crippen LogP contribution in [-0.2, 0) is 4.74 Å². The van der Waals surface area contributed by atoms with E-state index in [4.69, 9.17) is 4.74 Å². The topological polar surface area (TPSA) is 63.2 Å². The van der Waals surface area contributed by atoms with Gasteiger partial charge in [0.25, 0.3) is 5.91 Å². The number of hydrogen-bond donors (Lipinski definition) is 2. The number of carbonyl (C=O) groups excluding carboxylic acids is 1. The molecule has 21 heavy (non-hydrogen) atoms. The molecule has 1 aromatic rings. The number of amides is 1. The maximum absolute atomic E-state index is 12.1. The van der Waals surface area contributed by atoms with Gasteiger partial charge in [0, 0.05) is 31.1 Å².